The molecule has 0 bridgehead atoms. The summed E-state index contributed by atoms with van der Waals surface area (Å²) in [6, 6.07) is 0. The molecule has 0 spiro atoms. The van der Waals surface area contributed by atoms with E-state index in [2.05, 4.69) is 24.1 Å². The molecule has 0 aromatic carbocycles. The number of aryl methyl sites for hydroxylation is 1. The highest BCUT2D eigenvalue weighted by atomic mass is 16.5. The normalized spacial score (nSPS) is 11.3. The van der Waals surface area contributed by atoms with Crippen molar-refractivity contribution in [3.8, 4) is 0 Å². The predicted molar refractivity (Wildman–Crippen MR) is 68.1 cm³/mol. The Balaban J connectivity index is 2.16. The van der Waals surface area contributed by atoms with Crippen molar-refractivity contribution >= 4 is 0 Å². The standard InChI is InChI=1S/C13H24N2O2/c1-11(2)9-14-7-6-13-15-10-12(17-13)5-4-8-16-3/h10-11,14H,4-9H2,1-3H3. The van der Waals surface area contributed by atoms with Gasteiger partial charge >= 0.3 is 0 Å². The molecule has 0 aliphatic rings. The molecule has 0 amide bonds. The van der Waals surface area contributed by atoms with Crippen LogP contribution in [-0.2, 0) is 17.6 Å². The van der Waals surface area contributed by atoms with E-state index in [4.69, 9.17) is 9.15 Å². The summed E-state index contributed by atoms with van der Waals surface area (Å²) in [6.45, 7) is 7.14. The highest BCUT2D eigenvalue weighted by Crippen LogP contribution is 2.06. The van der Waals surface area contributed by atoms with Gasteiger partial charge < -0.3 is 14.5 Å². The molecule has 1 rings (SSSR count). The van der Waals surface area contributed by atoms with E-state index in [0.29, 0.717) is 5.92 Å². The molecule has 1 heterocycles. The Kier molecular flexibility index (Phi) is 6.89. The van der Waals surface area contributed by atoms with Crippen molar-refractivity contribution in [2.75, 3.05) is 26.8 Å². The molecule has 4 nitrogen and oxygen atoms in total. The van der Waals surface area contributed by atoms with Crippen molar-refractivity contribution in [2.45, 2.75) is 33.1 Å². The average Bonchev–Trinajstić information content (AvgIpc) is 2.73. The maximum atomic E-state index is 5.63. The predicted octanol–water partition coefficient (Wildman–Crippen LogP) is 2.04. The van der Waals surface area contributed by atoms with Gasteiger partial charge in [0.1, 0.15) is 5.76 Å². The molecule has 17 heavy (non-hydrogen) atoms. The Morgan fingerprint density at radius 2 is 2.24 bits per heavy atom. The Morgan fingerprint density at radius 1 is 1.41 bits per heavy atom. The largest absolute Gasteiger partial charge is 0.446 e. The number of hydrogen-bond acceptors (Lipinski definition) is 4. The van der Waals surface area contributed by atoms with Gasteiger partial charge in [0.2, 0.25) is 0 Å². The molecule has 4 heteroatoms. The van der Waals surface area contributed by atoms with Gasteiger partial charge in [0.15, 0.2) is 5.89 Å². The van der Waals surface area contributed by atoms with E-state index >= 15 is 0 Å². The molecule has 0 atom stereocenters. The fourth-order valence-corrected chi connectivity index (χ4v) is 1.56. The SMILES string of the molecule is COCCCc1cnc(CCNCC(C)C)o1. The fourth-order valence-electron chi connectivity index (χ4n) is 1.56. The van der Waals surface area contributed by atoms with Gasteiger partial charge in [-0.3, -0.25) is 0 Å². The topological polar surface area (TPSA) is 47.3 Å². The number of nitrogens with zero attached hydrogens (tertiary/aromatic N) is 1. The summed E-state index contributed by atoms with van der Waals surface area (Å²) in [5, 5.41) is 3.37. The van der Waals surface area contributed by atoms with E-state index in [1.54, 1.807) is 7.11 Å². The highest BCUT2D eigenvalue weighted by Gasteiger charge is 2.03. The van der Waals surface area contributed by atoms with E-state index in [9.17, 15) is 0 Å². The summed E-state index contributed by atoms with van der Waals surface area (Å²) in [6.07, 6.45) is 4.57. The zero-order valence-electron chi connectivity index (χ0n) is 11.2. The first kappa shape index (κ1) is 14.2. The smallest absolute Gasteiger partial charge is 0.195 e. The molecule has 0 aliphatic heterocycles. The Morgan fingerprint density at radius 3 is 2.94 bits per heavy atom. The molecular formula is C13H24N2O2. The van der Waals surface area contributed by atoms with Gasteiger partial charge in [-0.05, 0) is 18.9 Å². The monoisotopic (exact) mass is 240 g/mol. The van der Waals surface area contributed by atoms with Gasteiger partial charge in [-0.15, -0.1) is 0 Å². The molecule has 0 fully saturated rings. The number of hydrogen-bond donors (Lipinski definition) is 1. The lowest BCUT2D eigenvalue weighted by Crippen LogP contribution is -2.22. The van der Waals surface area contributed by atoms with Crippen molar-refractivity contribution in [2.24, 2.45) is 5.92 Å². The van der Waals surface area contributed by atoms with Gasteiger partial charge in [-0.25, -0.2) is 4.98 Å². The van der Waals surface area contributed by atoms with Crippen LogP contribution in [0.2, 0.25) is 0 Å². The Bertz CT molecular complexity index is 297. The quantitative estimate of drug-likeness (QED) is 0.671. The minimum absolute atomic E-state index is 0.684. The summed E-state index contributed by atoms with van der Waals surface area (Å²) in [7, 11) is 1.71. The third-order valence-corrected chi connectivity index (χ3v) is 2.44. The first-order chi connectivity index (χ1) is 8.22. The second-order valence-corrected chi connectivity index (χ2v) is 4.66. The van der Waals surface area contributed by atoms with Crippen molar-refractivity contribution < 1.29 is 9.15 Å². The zero-order chi connectivity index (χ0) is 12.5. The van der Waals surface area contributed by atoms with Crippen molar-refractivity contribution in [3.05, 3.63) is 17.8 Å². The Hall–Kier alpha value is -0.870. The van der Waals surface area contributed by atoms with Crippen molar-refractivity contribution in [3.63, 3.8) is 0 Å². The third kappa shape index (κ3) is 6.44. The number of ether oxygens (including phenoxy) is 1. The van der Waals surface area contributed by atoms with Crippen LogP contribution in [0.25, 0.3) is 0 Å². The van der Waals surface area contributed by atoms with Crippen LogP contribution in [0.1, 0.15) is 31.9 Å². The second kappa shape index (κ2) is 8.25. The van der Waals surface area contributed by atoms with Crippen LogP contribution < -0.4 is 5.32 Å². The van der Waals surface area contributed by atoms with Gasteiger partial charge in [-0.1, -0.05) is 13.8 Å². The molecular weight excluding hydrogens is 216 g/mol. The van der Waals surface area contributed by atoms with Crippen LogP contribution in [0.3, 0.4) is 0 Å². The van der Waals surface area contributed by atoms with Crippen LogP contribution in [0.4, 0.5) is 0 Å². The molecule has 0 unspecified atom stereocenters. The number of methoxy groups -OCH3 is 1. The summed E-state index contributed by atoms with van der Waals surface area (Å²) in [4.78, 5) is 4.26. The Labute approximate surface area is 104 Å². The van der Waals surface area contributed by atoms with Gasteiger partial charge in [-0.2, -0.15) is 0 Å². The maximum absolute atomic E-state index is 5.63. The van der Waals surface area contributed by atoms with Crippen LogP contribution in [0.5, 0.6) is 0 Å². The second-order valence-electron chi connectivity index (χ2n) is 4.66. The van der Waals surface area contributed by atoms with Crippen LogP contribution in [0.15, 0.2) is 10.6 Å². The van der Waals surface area contributed by atoms with Crippen LogP contribution >= 0.6 is 0 Å². The first-order valence-corrected chi connectivity index (χ1v) is 6.35. The highest BCUT2D eigenvalue weighted by molar-refractivity contribution is 4.94. The van der Waals surface area contributed by atoms with E-state index in [0.717, 1.165) is 50.6 Å². The van der Waals surface area contributed by atoms with Gasteiger partial charge in [0.05, 0.1) is 6.20 Å². The van der Waals surface area contributed by atoms with Gasteiger partial charge in [0.25, 0.3) is 0 Å². The fraction of sp³-hybridized carbons (Fsp3) is 0.769. The third-order valence-electron chi connectivity index (χ3n) is 2.44. The lowest BCUT2D eigenvalue weighted by atomic mass is 10.2. The summed E-state index contributed by atoms with van der Waals surface area (Å²) >= 11 is 0. The first-order valence-electron chi connectivity index (χ1n) is 6.35. The molecule has 98 valence electrons. The lowest BCUT2D eigenvalue weighted by molar-refractivity contribution is 0.193. The van der Waals surface area contributed by atoms with Crippen molar-refractivity contribution in [1.82, 2.24) is 10.3 Å². The minimum atomic E-state index is 0.684. The number of nitrogens with one attached hydrogen (secondary N) is 1. The average molecular weight is 240 g/mol. The molecule has 1 aromatic heterocycles. The van der Waals surface area contributed by atoms with Gasteiger partial charge in [0, 0.05) is 33.1 Å². The number of rotatable bonds is 9. The summed E-state index contributed by atoms with van der Waals surface area (Å²) < 4.78 is 10.6. The van der Waals surface area contributed by atoms with Crippen molar-refractivity contribution in [1.29, 1.82) is 0 Å². The summed E-state index contributed by atoms with van der Waals surface area (Å²) in [5.74, 6) is 2.47. The zero-order valence-corrected chi connectivity index (χ0v) is 11.2. The molecule has 1 aromatic rings. The number of oxazole rings is 1. The van der Waals surface area contributed by atoms with E-state index < -0.39 is 0 Å². The maximum Gasteiger partial charge on any atom is 0.195 e. The van der Waals surface area contributed by atoms with Crippen LogP contribution in [0, 0.1) is 5.92 Å². The molecule has 0 aliphatic carbocycles. The van der Waals surface area contributed by atoms with E-state index in [1.165, 1.54) is 0 Å². The lowest BCUT2D eigenvalue weighted by Gasteiger charge is -2.05. The van der Waals surface area contributed by atoms with Crippen LogP contribution in [-0.4, -0.2) is 31.8 Å². The molecule has 0 saturated carbocycles. The molecule has 1 N–H and O–H groups in total. The van der Waals surface area contributed by atoms with E-state index in [-0.39, 0.29) is 0 Å². The molecule has 0 radical (unpaired) electrons. The summed E-state index contributed by atoms with van der Waals surface area (Å²) in [5.41, 5.74) is 0. The van der Waals surface area contributed by atoms with E-state index in [1.807, 2.05) is 6.20 Å². The molecule has 0 saturated heterocycles. The minimum Gasteiger partial charge on any atom is -0.446 e. The number of aromatic nitrogens is 1.